The van der Waals surface area contributed by atoms with Gasteiger partial charge in [0.2, 0.25) is 0 Å². The molecule has 1 N–H and O–H groups in total. The number of rotatable bonds is 4. The number of nitrogens with zero attached hydrogens (tertiary/aromatic N) is 2. The van der Waals surface area contributed by atoms with Gasteiger partial charge in [-0.25, -0.2) is 4.98 Å². The second-order valence-electron chi connectivity index (χ2n) is 4.94. The lowest BCUT2D eigenvalue weighted by molar-refractivity contribution is 0.679. The number of fused-ring (bicyclic) bond motifs is 1. The van der Waals surface area contributed by atoms with Crippen LogP contribution in [0.2, 0.25) is 0 Å². The lowest BCUT2D eigenvalue weighted by Gasteiger charge is -2.06. The summed E-state index contributed by atoms with van der Waals surface area (Å²) in [5.41, 5.74) is 5.43. The summed E-state index contributed by atoms with van der Waals surface area (Å²) in [7, 11) is 0. The summed E-state index contributed by atoms with van der Waals surface area (Å²) in [6.07, 6.45) is 1.84. The molecule has 0 saturated heterocycles. The second kappa shape index (κ2) is 5.80. The van der Waals surface area contributed by atoms with Crippen molar-refractivity contribution in [3.63, 3.8) is 0 Å². The van der Waals surface area contributed by atoms with Crippen molar-refractivity contribution in [3.8, 4) is 0 Å². The van der Waals surface area contributed by atoms with Crippen LogP contribution in [0.25, 0.3) is 11.0 Å². The van der Waals surface area contributed by atoms with Crippen LogP contribution in [0, 0.1) is 6.92 Å². The van der Waals surface area contributed by atoms with E-state index in [-0.39, 0.29) is 0 Å². The van der Waals surface area contributed by atoms with Gasteiger partial charge >= 0.3 is 0 Å². The van der Waals surface area contributed by atoms with Crippen molar-refractivity contribution in [2.75, 3.05) is 0 Å². The van der Waals surface area contributed by atoms with Gasteiger partial charge in [0.25, 0.3) is 0 Å². The number of aryl methyl sites for hydroxylation is 1. The average molecular weight is 263 g/mol. The number of hydrogen-bond acceptors (Lipinski definition) is 3. The van der Waals surface area contributed by atoms with Gasteiger partial charge in [0, 0.05) is 13.1 Å². The van der Waals surface area contributed by atoms with Gasteiger partial charge in [-0.15, -0.1) is 0 Å². The zero-order valence-corrected chi connectivity index (χ0v) is 11.5. The Morgan fingerprint density at radius 3 is 2.65 bits per heavy atom. The van der Waals surface area contributed by atoms with E-state index in [9.17, 15) is 0 Å². The van der Waals surface area contributed by atoms with Gasteiger partial charge in [-0.3, -0.25) is 4.98 Å². The third-order valence-corrected chi connectivity index (χ3v) is 3.22. The lowest BCUT2D eigenvalue weighted by Crippen LogP contribution is -2.14. The number of hydrogen-bond donors (Lipinski definition) is 1. The summed E-state index contributed by atoms with van der Waals surface area (Å²) < 4.78 is 0. The van der Waals surface area contributed by atoms with E-state index in [2.05, 4.69) is 46.5 Å². The van der Waals surface area contributed by atoms with Gasteiger partial charge in [0.15, 0.2) is 0 Å². The van der Waals surface area contributed by atoms with Crippen LogP contribution in [0.3, 0.4) is 0 Å². The molecule has 0 fully saturated rings. The van der Waals surface area contributed by atoms with Gasteiger partial charge < -0.3 is 5.32 Å². The van der Waals surface area contributed by atoms with Crippen LogP contribution < -0.4 is 5.32 Å². The molecule has 0 aliphatic rings. The topological polar surface area (TPSA) is 37.8 Å². The normalized spacial score (nSPS) is 10.8. The van der Waals surface area contributed by atoms with Crippen molar-refractivity contribution < 1.29 is 0 Å². The fourth-order valence-electron chi connectivity index (χ4n) is 2.24. The van der Waals surface area contributed by atoms with Crippen molar-refractivity contribution in [1.82, 2.24) is 15.3 Å². The molecule has 3 nitrogen and oxygen atoms in total. The highest BCUT2D eigenvalue weighted by Crippen LogP contribution is 2.08. The van der Waals surface area contributed by atoms with Crippen molar-refractivity contribution >= 4 is 11.0 Å². The maximum atomic E-state index is 4.60. The predicted molar refractivity (Wildman–Crippen MR) is 81.3 cm³/mol. The molecule has 0 radical (unpaired) electrons. The van der Waals surface area contributed by atoms with E-state index in [0.29, 0.717) is 0 Å². The molecule has 0 unspecified atom stereocenters. The van der Waals surface area contributed by atoms with Crippen LogP contribution in [-0.2, 0) is 13.1 Å². The van der Waals surface area contributed by atoms with Gasteiger partial charge in [0.05, 0.1) is 22.9 Å². The largest absolute Gasteiger partial charge is 0.307 e. The van der Waals surface area contributed by atoms with Crippen molar-refractivity contribution in [2.24, 2.45) is 0 Å². The molecule has 3 heteroatoms. The molecule has 0 amide bonds. The minimum Gasteiger partial charge on any atom is -0.307 e. The van der Waals surface area contributed by atoms with Crippen LogP contribution in [0.1, 0.15) is 16.8 Å². The van der Waals surface area contributed by atoms with E-state index in [1.807, 2.05) is 30.5 Å². The summed E-state index contributed by atoms with van der Waals surface area (Å²) >= 11 is 0. The van der Waals surface area contributed by atoms with E-state index in [1.165, 1.54) is 11.1 Å². The number of aromatic nitrogens is 2. The van der Waals surface area contributed by atoms with Crippen LogP contribution in [0.5, 0.6) is 0 Å². The Morgan fingerprint density at radius 1 is 0.950 bits per heavy atom. The van der Waals surface area contributed by atoms with Crippen molar-refractivity contribution in [1.29, 1.82) is 0 Å². The first kappa shape index (κ1) is 12.8. The molecule has 2 aromatic carbocycles. The Morgan fingerprint density at radius 2 is 1.80 bits per heavy atom. The monoisotopic (exact) mass is 263 g/mol. The van der Waals surface area contributed by atoms with Crippen molar-refractivity contribution in [2.45, 2.75) is 20.0 Å². The Bertz CT molecular complexity index is 722. The molecular weight excluding hydrogens is 246 g/mol. The molecule has 100 valence electrons. The summed E-state index contributed by atoms with van der Waals surface area (Å²) in [6, 6.07) is 16.5. The minimum atomic E-state index is 0.728. The fourth-order valence-corrected chi connectivity index (χ4v) is 2.24. The highest BCUT2D eigenvalue weighted by molar-refractivity contribution is 5.73. The molecule has 1 aromatic heterocycles. The minimum absolute atomic E-state index is 0.728. The van der Waals surface area contributed by atoms with Crippen LogP contribution in [0.15, 0.2) is 54.7 Å². The third-order valence-electron chi connectivity index (χ3n) is 3.22. The predicted octanol–water partition coefficient (Wildman–Crippen LogP) is 3.23. The van der Waals surface area contributed by atoms with Crippen LogP contribution in [-0.4, -0.2) is 9.97 Å². The lowest BCUT2D eigenvalue weighted by atomic mass is 10.1. The Balaban J connectivity index is 1.65. The third kappa shape index (κ3) is 3.00. The summed E-state index contributed by atoms with van der Waals surface area (Å²) in [4.78, 5) is 9.02. The molecule has 20 heavy (non-hydrogen) atoms. The molecule has 3 rings (SSSR count). The highest BCUT2D eigenvalue weighted by Gasteiger charge is 1.99. The second-order valence-corrected chi connectivity index (χ2v) is 4.94. The first-order chi connectivity index (χ1) is 9.81. The van der Waals surface area contributed by atoms with E-state index in [1.54, 1.807) is 0 Å². The fraction of sp³-hybridized carbons (Fsp3) is 0.176. The molecular formula is C17H17N3. The molecule has 0 aliphatic heterocycles. The molecule has 0 aliphatic carbocycles. The van der Waals surface area contributed by atoms with E-state index in [0.717, 1.165) is 29.8 Å². The smallest absolute Gasteiger partial charge is 0.0890 e. The van der Waals surface area contributed by atoms with E-state index in [4.69, 9.17) is 0 Å². The Kier molecular flexibility index (Phi) is 3.70. The van der Waals surface area contributed by atoms with Crippen LogP contribution in [0.4, 0.5) is 0 Å². The summed E-state index contributed by atoms with van der Waals surface area (Å²) in [5.74, 6) is 0. The highest BCUT2D eigenvalue weighted by atomic mass is 14.9. The molecule has 1 heterocycles. The molecule has 0 spiro atoms. The van der Waals surface area contributed by atoms with Gasteiger partial charge in [-0.2, -0.15) is 0 Å². The number of benzene rings is 2. The Hall–Kier alpha value is -2.26. The maximum Gasteiger partial charge on any atom is 0.0890 e. The zero-order chi connectivity index (χ0) is 13.8. The SMILES string of the molecule is Cc1cccc(CNCc2cnc3ccccc3n2)c1. The van der Waals surface area contributed by atoms with Gasteiger partial charge in [0.1, 0.15) is 0 Å². The number of para-hydroxylation sites is 2. The summed E-state index contributed by atoms with van der Waals surface area (Å²) in [6.45, 7) is 3.68. The van der Waals surface area contributed by atoms with Crippen LogP contribution >= 0.6 is 0 Å². The quantitative estimate of drug-likeness (QED) is 0.785. The first-order valence-electron chi connectivity index (χ1n) is 6.78. The van der Waals surface area contributed by atoms with E-state index >= 15 is 0 Å². The Labute approximate surface area is 118 Å². The maximum absolute atomic E-state index is 4.60. The zero-order valence-electron chi connectivity index (χ0n) is 11.5. The average Bonchev–Trinajstić information content (AvgIpc) is 2.47. The van der Waals surface area contributed by atoms with Gasteiger partial charge in [-0.05, 0) is 24.6 Å². The first-order valence-corrected chi connectivity index (χ1v) is 6.78. The molecule has 0 saturated carbocycles. The number of nitrogens with one attached hydrogen (secondary N) is 1. The standard InChI is InChI=1S/C17H17N3/c1-13-5-4-6-14(9-13)10-18-11-15-12-19-16-7-2-3-8-17(16)20-15/h2-9,12,18H,10-11H2,1H3. The molecule has 3 aromatic rings. The van der Waals surface area contributed by atoms with Crippen molar-refractivity contribution in [3.05, 3.63) is 71.5 Å². The van der Waals surface area contributed by atoms with Gasteiger partial charge in [-0.1, -0.05) is 42.0 Å². The summed E-state index contributed by atoms with van der Waals surface area (Å²) in [5, 5.41) is 3.41. The molecule has 0 atom stereocenters. The van der Waals surface area contributed by atoms with E-state index < -0.39 is 0 Å². The molecule has 0 bridgehead atoms.